The number of piperidine rings is 1. The van der Waals surface area contributed by atoms with Crippen molar-refractivity contribution in [3.63, 3.8) is 0 Å². The lowest BCUT2D eigenvalue weighted by Gasteiger charge is -2.37. The van der Waals surface area contributed by atoms with Gasteiger partial charge in [-0.3, -0.25) is 14.5 Å². The van der Waals surface area contributed by atoms with E-state index in [-0.39, 0.29) is 17.7 Å². The number of carbonyl (C=O) groups excluding carboxylic acids is 2. The third kappa shape index (κ3) is 4.44. The Kier molecular flexibility index (Phi) is 6.13. The number of amides is 2. The van der Waals surface area contributed by atoms with Crippen LogP contribution in [0.1, 0.15) is 69.0 Å². The van der Waals surface area contributed by atoms with E-state index in [2.05, 4.69) is 16.8 Å². The van der Waals surface area contributed by atoms with Crippen molar-refractivity contribution in [2.75, 3.05) is 32.7 Å². The van der Waals surface area contributed by atoms with Gasteiger partial charge < -0.3 is 9.80 Å². The molecule has 0 N–H and O–H groups in total. The van der Waals surface area contributed by atoms with Crippen LogP contribution in [0.15, 0.2) is 6.20 Å². The van der Waals surface area contributed by atoms with Gasteiger partial charge in [-0.2, -0.15) is 0 Å². The largest absolute Gasteiger partial charge is 0.342 e. The highest BCUT2D eigenvalue weighted by atomic mass is 16.2. The number of nitrogens with zero attached hydrogens (tertiary/aromatic N) is 5. The van der Waals surface area contributed by atoms with Gasteiger partial charge in [0.05, 0.1) is 12.2 Å². The minimum Gasteiger partial charge on any atom is -0.342 e. The van der Waals surface area contributed by atoms with Crippen molar-refractivity contribution in [1.82, 2.24) is 24.7 Å². The van der Waals surface area contributed by atoms with Crippen molar-refractivity contribution in [3.8, 4) is 0 Å². The van der Waals surface area contributed by atoms with Gasteiger partial charge in [-0.25, -0.2) is 9.97 Å². The summed E-state index contributed by atoms with van der Waals surface area (Å²) in [5.41, 5.74) is 2.14. The summed E-state index contributed by atoms with van der Waals surface area (Å²) in [7, 11) is 0. The Morgan fingerprint density at radius 3 is 2.76 bits per heavy atom. The van der Waals surface area contributed by atoms with Crippen molar-refractivity contribution in [2.45, 2.75) is 70.9 Å². The molecule has 0 spiro atoms. The molecule has 1 aromatic heterocycles. The molecular formula is C22H33N5O2. The molecule has 1 aromatic rings. The average Bonchev–Trinajstić information content (AvgIpc) is 3.24. The summed E-state index contributed by atoms with van der Waals surface area (Å²) in [4.78, 5) is 40.2. The summed E-state index contributed by atoms with van der Waals surface area (Å²) in [5, 5.41) is 0. The van der Waals surface area contributed by atoms with Crippen LogP contribution in [0.4, 0.5) is 0 Å². The van der Waals surface area contributed by atoms with Crippen molar-refractivity contribution in [1.29, 1.82) is 0 Å². The zero-order valence-corrected chi connectivity index (χ0v) is 17.8. The minimum absolute atomic E-state index is 0.124. The molecule has 2 saturated heterocycles. The van der Waals surface area contributed by atoms with E-state index in [1.165, 1.54) is 19.3 Å². The molecule has 0 aliphatic carbocycles. The van der Waals surface area contributed by atoms with E-state index in [1.54, 1.807) is 6.92 Å². The molecule has 7 nitrogen and oxygen atoms in total. The van der Waals surface area contributed by atoms with Gasteiger partial charge >= 0.3 is 0 Å². The van der Waals surface area contributed by atoms with E-state index in [4.69, 9.17) is 4.98 Å². The van der Waals surface area contributed by atoms with Crippen molar-refractivity contribution < 1.29 is 9.59 Å². The predicted octanol–water partition coefficient (Wildman–Crippen LogP) is 1.96. The lowest BCUT2D eigenvalue weighted by atomic mass is 10.00. The van der Waals surface area contributed by atoms with Gasteiger partial charge in [-0.15, -0.1) is 0 Å². The van der Waals surface area contributed by atoms with Gasteiger partial charge in [0, 0.05) is 63.2 Å². The first-order chi connectivity index (χ1) is 14.0. The lowest BCUT2D eigenvalue weighted by Crippen LogP contribution is -2.47. The Morgan fingerprint density at radius 2 is 2.00 bits per heavy atom. The summed E-state index contributed by atoms with van der Waals surface area (Å²) >= 11 is 0. The van der Waals surface area contributed by atoms with Crippen LogP contribution in [0, 0.1) is 0 Å². The number of carbonyl (C=O) groups is 2. The fourth-order valence-corrected chi connectivity index (χ4v) is 5.00. The molecule has 4 rings (SSSR count). The van der Waals surface area contributed by atoms with Gasteiger partial charge in [-0.05, 0) is 32.2 Å². The van der Waals surface area contributed by atoms with Gasteiger partial charge in [0.2, 0.25) is 11.8 Å². The lowest BCUT2D eigenvalue weighted by molar-refractivity contribution is -0.134. The van der Waals surface area contributed by atoms with Crippen LogP contribution in [-0.4, -0.2) is 75.2 Å². The molecule has 3 aliphatic heterocycles. The minimum atomic E-state index is 0.124. The van der Waals surface area contributed by atoms with Crippen LogP contribution >= 0.6 is 0 Å². The molecule has 4 heterocycles. The fraction of sp³-hybridized carbons (Fsp3) is 0.727. The van der Waals surface area contributed by atoms with E-state index in [1.807, 2.05) is 16.0 Å². The van der Waals surface area contributed by atoms with E-state index in [0.717, 1.165) is 56.0 Å². The molecule has 2 atom stereocenters. The van der Waals surface area contributed by atoms with Crippen LogP contribution in [0.3, 0.4) is 0 Å². The summed E-state index contributed by atoms with van der Waals surface area (Å²) in [6.45, 7) is 8.27. The molecule has 7 heteroatoms. The molecule has 158 valence electrons. The second-order valence-corrected chi connectivity index (χ2v) is 8.74. The third-order valence-electron chi connectivity index (χ3n) is 6.86. The molecule has 0 saturated carbocycles. The Bertz CT molecular complexity index is 768. The maximum absolute atomic E-state index is 12.9. The number of rotatable bonds is 4. The van der Waals surface area contributed by atoms with Crippen molar-refractivity contribution in [2.24, 2.45) is 0 Å². The van der Waals surface area contributed by atoms with E-state index < -0.39 is 0 Å². The topological polar surface area (TPSA) is 69.6 Å². The standard InChI is InChI=1S/C22H33N5O2/c1-3-19-6-4-5-9-26(19)15-21(29)27-11-8-20-18(14-27)12-23-22(24-20)17-7-10-25(13-17)16(2)28/h12,17,19H,3-11,13-15H2,1-2H3. The Balaban J connectivity index is 1.37. The summed E-state index contributed by atoms with van der Waals surface area (Å²) < 4.78 is 0. The number of hydrogen-bond donors (Lipinski definition) is 0. The third-order valence-corrected chi connectivity index (χ3v) is 6.86. The molecule has 0 aromatic carbocycles. The van der Waals surface area contributed by atoms with Crippen molar-refractivity contribution in [3.05, 3.63) is 23.3 Å². The molecular weight excluding hydrogens is 366 g/mol. The summed E-state index contributed by atoms with van der Waals surface area (Å²) in [5.74, 6) is 1.44. The van der Waals surface area contributed by atoms with Gasteiger partial charge in [-0.1, -0.05) is 13.3 Å². The van der Waals surface area contributed by atoms with E-state index in [9.17, 15) is 9.59 Å². The second kappa shape index (κ2) is 8.78. The first-order valence-corrected chi connectivity index (χ1v) is 11.2. The molecule has 2 unspecified atom stereocenters. The number of likely N-dealkylation sites (tertiary alicyclic amines) is 2. The maximum atomic E-state index is 12.9. The van der Waals surface area contributed by atoms with Crippen LogP contribution in [0.2, 0.25) is 0 Å². The predicted molar refractivity (Wildman–Crippen MR) is 110 cm³/mol. The molecule has 0 radical (unpaired) electrons. The highest BCUT2D eigenvalue weighted by Gasteiger charge is 2.30. The maximum Gasteiger partial charge on any atom is 0.237 e. The second-order valence-electron chi connectivity index (χ2n) is 8.74. The number of aromatic nitrogens is 2. The molecule has 2 fully saturated rings. The molecule has 0 bridgehead atoms. The van der Waals surface area contributed by atoms with Crippen LogP contribution in [0.5, 0.6) is 0 Å². The Labute approximate surface area is 173 Å². The van der Waals surface area contributed by atoms with Gasteiger partial charge in [0.25, 0.3) is 0 Å². The Morgan fingerprint density at radius 1 is 1.14 bits per heavy atom. The SMILES string of the molecule is CCC1CCCCN1CC(=O)N1CCc2nc(C3CCN(C(C)=O)C3)ncc2C1. The first-order valence-electron chi connectivity index (χ1n) is 11.2. The summed E-state index contributed by atoms with van der Waals surface area (Å²) in [6, 6.07) is 0.552. The summed E-state index contributed by atoms with van der Waals surface area (Å²) in [6.07, 6.45) is 8.44. The van der Waals surface area contributed by atoms with E-state index in [0.29, 0.717) is 25.7 Å². The molecule has 2 amide bonds. The quantitative estimate of drug-likeness (QED) is 0.774. The molecule has 3 aliphatic rings. The zero-order chi connectivity index (χ0) is 20.4. The number of fused-ring (bicyclic) bond motifs is 1. The highest BCUT2D eigenvalue weighted by molar-refractivity contribution is 5.78. The van der Waals surface area contributed by atoms with Gasteiger partial charge in [0.1, 0.15) is 5.82 Å². The molecule has 29 heavy (non-hydrogen) atoms. The van der Waals surface area contributed by atoms with Gasteiger partial charge in [0.15, 0.2) is 0 Å². The van der Waals surface area contributed by atoms with Crippen molar-refractivity contribution >= 4 is 11.8 Å². The fourth-order valence-electron chi connectivity index (χ4n) is 5.00. The average molecular weight is 400 g/mol. The van der Waals surface area contributed by atoms with E-state index >= 15 is 0 Å². The zero-order valence-electron chi connectivity index (χ0n) is 17.8. The van der Waals surface area contributed by atoms with Crippen LogP contribution in [0.25, 0.3) is 0 Å². The Hall–Kier alpha value is -2.02. The highest BCUT2D eigenvalue weighted by Crippen LogP contribution is 2.27. The smallest absolute Gasteiger partial charge is 0.237 e. The first kappa shape index (κ1) is 20.3. The monoisotopic (exact) mass is 399 g/mol. The van der Waals surface area contributed by atoms with Crippen LogP contribution < -0.4 is 0 Å². The van der Waals surface area contributed by atoms with Crippen LogP contribution in [-0.2, 0) is 22.6 Å². The normalized spacial score (nSPS) is 25.2. The number of hydrogen-bond acceptors (Lipinski definition) is 5.